The van der Waals surface area contributed by atoms with Crippen LogP contribution in [-0.4, -0.2) is 36.2 Å². The van der Waals surface area contributed by atoms with Crippen LogP contribution in [0.2, 0.25) is 0 Å². The molecule has 1 amide bonds. The first-order chi connectivity index (χ1) is 9.35. The quantitative estimate of drug-likeness (QED) is 0.784. The van der Waals surface area contributed by atoms with Crippen LogP contribution >= 0.6 is 0 Å². The molecule has 1 aliphatic heterocycles. The van der Waals surface area contributed by atoms with E-state index in [1.54, 1.807) is 0 Å². The highest BCUT2D eigenvalue weighted by atomic mass is 16.6. The van der Waals surface area contributed by atoms with Crippen LogP contribution in [-0.2, 0) is 4.74 Å². The number of amides is 1. The maximum absolute atomic E-state index is 12.2. The molecule has 0 aromatic rings. The number of hydrogen-bond acceptors (Lipinski definition) is 3. The van der Waals surface area contributed by atoms with E-state index in [0.29, 0.717) is 0 Å². The molecule has 4 heteroatoms. The Morgan fingerprint density at radius 1 is 1.50 bits per heavy atom. The molecule has 0 bridgehead atoms. The Labute approximate surface area is 122 Å². The van der Waals surface area contributed by atoms with E-state index in [1.807, 2.05) is 38.9 Å². The van der Waals surface area contributed by atoms with Gasteiger partial charge in [0.2, 0.25) is 0 Å². The number of ether oxygens (including phenoxy) is 1. The van der Waals surface area contributed by atoms with E-state index in [4.69, 9.17) is 4.74 Å². The summed E-state index contributed by atoms with van der Waals surface area (Å²) in [4.78, 5) is 14.0. The zero-order valence-electron chi connectivity index (χ0n) is 13.2. The van der Waals surface area contributed by atoms with Crippen molar-refractivity contribution in [1.29, 1.82) is 0 Å². The van der Waals surface area contributed by atoms with Gasteiger partial charge < -0.3 is 15.0 Å². The first-order valence-corrected chi connectivity index (χ1v) is 7.34. The summed E-state index contributed by atoms with van der Waals surface area (Å²) < 4.78 is 5.47. The molecular formula is C16H28N2O2. The first kappa shape index (κ1) is 16.6. The number of nitrogens with zero attached hydrogens (tertiary/aromatic N) is 1. The zero-order chi connectivity index (χ0) is 15.2. The standard InChI is InChI=1S/C16H28N2O2/c1-13(9-6-7-11-17-5)14-10-8-12-18(14)15(19)20-16(2,3)4/h7,11,14,17H,1,6,8-10,12H2,2-5H3/b11-7-. The van der Waals surface area contributed by atoms with Crippen molar-refractivity contribution in [2.75, 3.05) is 13.6 Å². The second kappa shape index (κ2) is 7.36. The van der Waals surface area contributed by atoms with Crippen LogP contribution in [0.5, 0.6) is 0 Å². The number of rotatable bonds is 5. The monoisotopic (exact) mass is 280 g/mol. The minimum Gasteiger partial charge on any atom is -0.444 e. The maximum Gasteiger partial charge on any atom is 0.410 e. The lowest BCUT2D eigenvalue weighted by atomic mass is 10.0. The van der Waals surface area contributed by atoms with E-state index in [1.165, 1.54) is 0 Å². The van der Waals surface area contributed by atoms with Gasteiger partial charge in [-0.05, 0) is 52.7 Å². The maximum atomic E-state index is 12.2. The second-order valence-corrected chi connectivity index (χ2v) is 6.22. The number of likely N-dealkylation sites (tertiary alicyclic amines) is 1. The summed E-state index contributed by atoms with van der Waals surface area (Å²) in [5.41, 5.74) is 0.676. The fourth-order valence-electron chi connectivity index (χ4n) is 2.37. The van der Waals surface area contributed by atoms with Crippen molar-refractivity contribution < 1.29 is 9.53 Å². The molecule has 20 heavy (non-hydrogen) atoms. The Balaban J connectivity index is 2.53. The lowest BCUT2D eigenvalue weighted by molar-refractivity contribution is 0.0247. The number of hydrogen-bond donors (Lipinski definition) is 1. The molecule has 1 heterocycles. The third kappa shape index (κ3) is 5.27. The SMILES string of the molecule is C=C(CC/C=C\NC)C1CCCN1C(=O)OC(C)(C)C. The molecular weight excluding hydrogens is 252 g/mol. The van der Waals surface area contributed by atoms with Crippen molar-refractivity contribution in [1.82, 2.24) is 10.2 Å². The van der Waals surface area contributed by atoms with Crippen LogP contribution in [0.1, 0.15) is 46.5 Å². The van der Waals surface area contributed by atoms with Gasteiger partial charge in [-0.2, -0.15) is 0 Å². The van der Waals surface area contributed by atoms with E-state index < -0.39 is 5.60 Å². The van der Waals surface area contributed by atoms with Gasteiger partial charge in [-0.25, -0.2) is 4.79 Å². The van der Waals surface area contributed by atoms with Crippen molar-refractivity contribution in [3.05, 3.63) is 24.4 Å². The van der Waals surface area contributed by atoms with Crippen molar-refractivity contribution >= 4 is 6.09 Å². The van der Waals surface area contributed by atoms with E-state index in [-0.39, 0.29) is 12.1 Å². The Kier molecular flexibility index (Phi) is 6.11. The second-order valence-electron chi connectivity index (χ2n) is 6.22. The Morgan fingerprint density at radius 3 is 2.80 bits per heavy atom. The van der Waals surface area contributed by atoms with Crippen molar-refractivity contribution in [2.45, 2.75) is 58.1 Å². The van der Waals surface area contributed by atoms with Crippen molar-refractivity contribution in [3.63, 3.8) is 0 Å². The van der Waals surface area contributed by atoms with Gasteiger partial charge in [0.25, 0.3) is 0 Å². The normalized spacial score (nSPS) is 19.4. The van der Waals surface area contributed by atoms with E-state index in [9.17, 15) is 4.79 Å². The molecule has 0 aromatic carbocycles. The molecule has 1 rings (SSSR count). The van der Waals surface area contributed by atoms with Crippen LogP contribution in [0.25, 0.3) is 0 Å². The van der Waals surface area contributed by atoms with Crippen LogP contribution in [0.15, 0.2) is 24.4 Å². The van der Waals surface area contributed by atoms with Gasteiger partial charge in [-0.1, -0.05) is 18.2 Å². The minimum atomic E-state index is -0.443. The van der Waals surface area contributed by atoms with Gasteiger partial charge in [0.05, 0.1) is 6.04 Å². The number of carbonyl (C=O) groups excluding carboxylic acids is 1. The number of nitrogens with one attached hydrogen (secondary N) is 1. The zero-order valence-corrected chi connectivity index (χ0v) is 13.2. The third-order valence-electron chi connectivity index (χ3n) is 3.27. The average Bonchev–Trinajstić information content (AvgIpc) is 2.81. The highest BCUT2D eigenvalue weighted by Gasteiger charge is 2.33. The van der Waals surface area contributed by atoms with E-state index in [0.717, 1.165) is 37.8 Å². The predicted molar refractivity (Wildman–Crippen MR) is 82.5 cm³/mol. The molecule has 1 aliphatic rings. The summed E-state index contributed by atoms with van der Waals surface area (Å²) in [5.74, 6) is 0. The van der Waals surface area contributed by atoms with Crippen LogP contribution in [0, 0.1) is 0 Å². The highest BCUT2D eigenvalue weighted by molar-refractivity contribution is 5.69. The van der Waals surface area contributed by atoms with Crippen LogP contribution in [0.3, 0.4) is 0 Å². The minimum absolute atomic E-state index is 0.132. The van der Waals surface area contributed by atoms with Gasteiger partial charge in [0.1, 0.15) is 5.60 Å². The van der Waals surface area contributed by atoms with Gasteiger partial charge in [0, 0.05) is 13.6 Å². The molecule has 0 spiro atoms. The molecule has 0 aromatic heterocycles. The predicted octanol–water partition coefficient (Wildman–Crippen LogP) is 3.46. The van der Waals surface area contributed by atoms with Crippen molar-refractivity contribution in [2.24, 2.45) is 0 Å². The summed E-state index contributed by atoms with van der Waals surface area (Å²) in [5, 5.41) is 2.97. The Bertz CT molecular complexity index is 369. The molecule has 0 aliphatic carbocycles. The topological polar surface area (TPSA) is 41.6 Å². The summed E-state index contributed by atoms with van der Waals surface area (Å²) in [7, 11) is 1.88. The largest absolute Gasteiger partial charge is 0.444 e. The highest BCUT2D eigenvalue weighted by Crippen LogP contribution is 2.27. The molecule has 1 fully saturated rings. The Morgan fingerprint density at radius 2 is 2.20 bits per heavy atom. The van der Waals surface area contributed by atoms with E-state index >= 15 is 0 Å². The third-order valence-corrected chi connectivity index (χ3v) is 3.27. The molecule has 0 saturated carbocycles. The first-order valence-electron chi connectivity index (χ1n) is 7.34. The summed E-state index contributed by atoms with van der Waals surface area (Å²) in [6, 6.07) is 0.132. The van der Waals surface area contributed by atoms with Crippen LogP contribution < -0.4 is 5.32 Å². The van der Waals surface area contributed by atoms with Gasteiger partial charge in [0.15, 0.2) is 0 Å². The molecule has 1 unspecified atom stereocenters. The van der Waals surface area contributed by atoms with Gasteiger partial charge in [-0.3, -0.25) is 0 Å². The lowest BCUT2D eigenvalue weighted by Crippen LogP contribution is -2.40. The summed E-state index contributed by atoms with van der Waals surface area (Å²) in [6.45, 7) is 10.6. The van der Waals surface area contributed by atoms with Gasteiger partial charge in [-0.15, -0.1) is 0 Å². The summed E-state index contributed by atoms with van der Waals surface area (Å²) >= 11 is 0. The number of carbonyl (C=O) groups is 1. The molecule has 1 atom stereocenters. The Hall–Kier alpha value is -1.45. The van der Waals surface area contributed by atoms with Gasteiger partial charge >= 0.3 is 6.09 Å². The average molecular weight is 280 g/mol. The lowest BCUT2D eigenvalue weighted by Gasteiger charge is -2.29. The fraction of sp³-hybridized carbons (Fsp3) is 0.688. The smallest absolute Gasteiger partial charge is 0.410 e. The van der Waals surface area contributed by atoms with E-state index in [2.05, 4.69) is 18.0 Å². The fourth-order valence-corrected chi connectivity index (χ4v) is 2.37. The summed E-state index contributed by atoms with van der Waals surface area (Å²) in [6.07, 6.45) is 7.65. The molecule has 1 N–H and O–H groups in total. The number of allylic oxidation sites excluding steroid dienone is 1. The van der Waals surface area contributed by atoms with Crippen LogP contribution in [0.4, 0.5) is 4.79 Å². The molecule has 4 nitrogen and oxygen atoms in total. The van der Waals surface area contributed by atoms with Crippen molar-refractivity contribution in [3.8, 4) is 0 Å². The molecule has 1 saturated heterocycles. The molecule has 114 valence electrons. The molecule has 0 radical (unpaired) electrons.